The molecule has 0 aliphatic rings. The summed E-state index contributed by atoms with van der Waals surface area (Å²) >= 11 is 3.51. The van der Waals surface area contributed by atoms with E-state index >= 15 is 0 Å². The van der Waals surface area contributed by atoms with Crippen molar-refractivity contribution in [3.8, 4) is 0 Å². The van der Waals surface area contributed by atoms with Gasteiger partial charge in [-0.3, -0.25) is 0 Å². The van der Waals surface area contributed by atoms with Crippen LogP contribution >= 0.6 is 15.9 Å². The maximum atomic E-state index is 13.3. The summed E-state index contributed by atoms with van der Waals surface area (Å²) in [6.45, 7) is 0. The minimum atomic E-state index is -0.844. The summed E-state index contributed by atoms with van der Waals surface area (Å²) < 4.78 is 14.3. The average Bonchev–Trinajstić information content (AvgIpc) is 2.47. The molecule has 0 aliphatic heterocycles. The fourth-order valence-corrected chi connectivity index (χ4v) is 2.86. The van der Waals surface area contributed by atoms with Crippen LogP contribution in [0.2, 0.25) is 0 Å². The maximum absolute atomic E-state index is 13.3. The highest BCUT2D eigenvalue weighted by Crippen LogP contribution is 2.33. The van der Waals surface area contributed by atoms with E-state index < -0.39 is 6.10 Å². The van der Waals surface area contributed by atoms with Crippen LogP contribution < -0.4 is 0 Å². The minimum absolute atomic E-state index is 0.344. The van der Waals surface area contributed by atoms with E-state index in [0.717, 1.165) is 20.8 Å². The van der Waals surface area contributed by atoms with E-state index in [-0.39, 0.29) is 5.82 Å². The molecule has 0 heterocycles. The first kappa shape index (κ1) is 13.3. The highest BCUT2D eigenvalue weighted by molar-refractivity contribution is 9.10. The number of benzene rings is 3. The molecular formula is C17H12BrFO. The van der Waals surface area contributed by atoms with Crippen molar-refractivity contribution in [3.63, 3.8) is 0 Å². The zero-order valence-electron chi connectivity index (χ0n) is 10.6. The molecule has 0 saturated carbocycles. The first-order valence-electron chi connectivity index (χ1n) is 6.27. The summed E-state index contributed by atoms with van der Waals surface area (Å²) in [7, 11) is 0. The third-order valence-electron chi connectivity index (χ3n) is 3.36. The van der Waals surface area contributed by atoms with Crippen LogP contribution in [-0.2, 0) is 0 Å². The van der Waals surface area contributed by atoms with Crippen LogP contribution in [0.25, 0.3) is 10.8 Å². The Bertz CT molecular complexity index is 770. The molecular weight excluding hydrogens is 319 g/mol. The molecule has 0 radical (unpaired) electrons. The quantitative estimate of drug-likeness (QED) is 0.714. The van der Waals surface area contributed by atoms with E-state index in [2.05, 4.69) is 15.9 Å². The van der Waals surface area contributed by atoms with Gasteiger partial charge in [0.1, 0.15) is 11.9 Å². The van der Waals surface area contributed by atoms with Gasteiger partial charge in [0.15, 0.2) is 0 Å². The van der Waals surface area contributed by atoms with Crippen LogP contribution in [0.4, 0.5) is 4.39 Å². The molecule has 0 saturated heterocycles. The SMILES string of the molecule is OC(c1cccc(F)c1)c1ccc(Br)c2ccccc12. The van der Waals surface area contributed by atoms with Crippen molar-refractivity contribution in [3.05, 3.63) is 82.1 Å². The fraction of sp³-hybridized carbons (Fsp3) is 0.0588. The van der Waals surface area contributed by atoms with Crippen molar-refractivity contribution in [2.24, 2.45) is 0 Å². The molecule has 0 aromatic heterocycles. The smallest absolute Gasteiger partial charge is 0.123 e. The molecule has 0 bridgehead atoms. The summed E-state index contributed by atoms with van der Waals surface area (Å²) in [5, 5.41) is 12.5. The number of hydrogen-bond acceptors (Lipinski definition) is 1. The summed E-state index contributed by atoms with van der Waals surface area (Å²) in [6, 6.07) is 17.7. The lowest BCUT2D eigenvalue weighted by Crippen LogP contribution is -2.01. The lowest BCUT2D eigenvalue weighted by Gasteiger charge is -2.15. The van der Waals surface area contributed by atoms with Crippen molar-refractivity contribution in [2.45, 2.75) is 6.10 Å². The molecule has 3 heteroatoms. The Labute approximate surface area is 124 Å². The number of aliphatic hydroxyl groups excluding tert-OH is 1. The van der Waals surface area contributed by atoms with Crippen molar-refractivity contribution < 1.29 is 9.50 Å². The standard InChI is InChI=1S/C17H12BrFO/c18-16-9-8-15(13-6-1-2-7-14(13)16)17(20)11-4-3-5-12(19)10-11/h1-10,17,20H. The van der Waals surface area contributed by atoms with Gasteiger partial charge in [0.25, 0.3) is 0 Å². The predicted octanol–water partition coefficient (Wildman–Crippen LogP) is 4.82. The van der Waals surface area contributed by atoms with Crippen LogP contribution in [0.3, 0.4) is 0 Å². The van der Waals surface area contributed by atoms with Crippen LogP contribution in [0.5, 0.6) is 0 Å². The van der Waals surface area contributed by atoms with E-state index in [1.807, 2.05) is 36.4 Å². The zero-order valence-corrected chi connectivity index (χ0v) is 12.1. The molecule has 0 spiro atoms. The van der Waals surface area contributed by atoms with Gasteiger partial charge in [-0.2, -0.15) is 0 Å². The zero-order chi connectivity index (χ0) is 14.1. The molecule has 1 nitrogen and oxygen atoms in total. The molecule has 0 aliphatic carbocycles. The highest BCUT2D eigenvalue weighted by Gasteiger charge is 2.15. The molecule has 3 rings (SSSR count). The van der Waals surface area contributed by atoms with Gasteiger partial charge in [-0.15, -0.1) is 0 Å². The molecule has 1 unspecified atom stereocenters. The topological polar surface area (TPSA) is 20.2 Å². The summed E-state index contributed by atoms with van der Waals surface area (Å²) in [5.74, 6) is -0.344. The van der Waals surface area contributed by atoms with E-state index in [9.17, 15) is 9.50 Å². The van der Waals surface area contributed by atoms with E-state index in [4.69, 9.17) is 0 Å². The molecule has 0 fully saturated rings. The van der Waals surface area contributed by atoms with Gasteiger partial charge in [-0.1, -0.05) is 58.4 Å². The van der Waals surface area contributed by atoms with Gasteiger partial charge in [0.05, 0.1) is 0 Å². The second-order valence-corrected chi connectivity index (χ2v) is 5.49. The Hall–Kier alpha value is -1.71. The van der Waals surface area contributed by atoms with Crippen LogP contribution in [0.15, 0.2) is 65.1 Å². The van der Waals surface area contributed by atoms with Crippen molar-refractivity contribution >= 4 is 26.7 Å². The molecule has 100 valence electrons. The lowest BCUT2D eigenvalue weighted by atomic mass is 9.96. The molecule has 0 amide bonds. The monoisotopic (exact) mass is 330 g/mol. The van der Waals surface area contributed by atoms with Gasteiger partial charge in [0.2, 0.25) is 0 Å². The van der Waals surface area contributed by atoms with Crippen molar-refractivity contribution in [1.82, 2.24) is 0 Å². The summed E-state index contributed by atoms with van der Waals surface area (Å²) in [5.41, 5.74) is 1.33. The van der Waals surface area contributed by atoms with Gasteiger partial charge >= 0.3 is 0 Å². The first-order valence-corrected chi connectivity index (χ1v) is 7.07. The minimum Gasteiger partial charge on any atom is -0.384 e. The van der Waals surface area contributed by atoms with Crippen molar-refractivity contribution in [1.29, 1.82) is 0 Å². The normalized spacial score (nSPS) is 12.6. The number of fused-ring (bicyclic) bond motifs is 1. The van der Waals surface area contributed by atoms with E-state index in [0.29, 0.717) is 5.56 Å². The maximum Gasteiger partial charge on any atom is 0.123 e. The number of hydrogen-bond donors (Lipinski definition) is 1. The van der Waals surface area contributed by atoms with Gasteiger partial charge < -0.3 is 5.11 Å². The van der Waals surface area contributed by atoms with Crippen LogP contribution in [-0.4, -0.2) is 5.11 Å². The van der Waals surface area contributed by atoms with Crippen LogP contribution in [0, 0.1) is 5.82 Å². The van der Waals surface area contributed by atoms with E-state index in [1.54, 1.807) is 12.1 Å². The Morgan fingerprint density at radius 2 is 1.65 bits per heavy atom. The highest BCUT2D eigenvalue weighted by atomic mass is 79.9. The third-order valence-corrected chi connectivity index (χ3v) is 4.06. The Kier molecular flexibility index (Phi) is 3.55. The van der Waals surface area contributed by atoms with Gasteiger partial charge in [-0.05, 0) is 40.1 Å². The van der Waals surface area contributed by atoms with Crippen molar-refractivity contribution in [2.75, 3.05) is 0 Å². The third kappa shape index (κ3) is 2.35. The lowest BCUT2D eigenvalue weighted by molar-refractivity contribution is 0.221. The molecule has 3 aromatic carbocycles. The van der Waals surface area contributed by atoms with Gasteiger partial charge in [0, 0.05) is 4.47 Å². The van der Waals surface area contributed by atoms with Gasteiger partial charge in [-0.25, -0.2) is 4.39 Å². The summed E-state index contributed by atoms with van der Waals surface area (Å²) in [4.78, 5) is 0. The molecule has 20 heavy (non-hydrogen) atoms. The molecule has 1 atom stereocenters. The number of rotatable bonds is 2. The molecule has 3 aromatic rings. The number of halogens is 2. The second kappa shape index (κ2) is 5.35. The molecule has 1 N–H and O–H groups in total. The average molecular weight is 331 g/mol. The van der Waals surface area contributed by atoms with E-state index in [1.165, 1.54) is 12.1 Å². The second-order valence-electron chi connectivity index (χ2n) is 4.64. The Balaban J connectivity index is 2.17. The summed E-state index contributed by atoms with van der Waals surface area (Å²) in [6.07, 6.45) is -0.844. The predicted molar refractivity (Wildman–Crippen MR) is 82.1 cm³/mol. The largest absolute Gasteiger partial charge is 0.384 e. The van der Waals surface area contributed by atoms with Crippen LogP contribution in [0.1, 0.15) is 17.2 Å². The first-order chi connectivity index (χ1) is 9.66. The fourth-order valence-electron chi connectivity index (χ4n) is 2.38. The Morgan fingerprint density at radius 3 is 2.40 bits per heavy atom. The Morgan fingerprint density at radius 1 is 0.900 bits per heavy atom. The number of aliphatic hydroxyl groups is 1.